The summed E-state index contributed by atoms with van der Waals surface area (Å²) in [4.78, 5) is 10.9. The highest BCUT2D eigenvalue weighted by Crippen LogP contribution is 2.27. The van der Waals surface area contributed by atoms with Crippen molar-refractivity contribution < 1.29 is 4.74 Å². The van der Waals surface area contributed by atoms with Gasteiger partial charge in [-0.2, -0.15) is 4.98 Å². The molecule has 1 heterocycles. The molecule has 28 heavy (non-hydrogen) atoms. The summed E-state index contributed by atoms with van der Waals surface area (Å²) >= 11 is 6.03. The van der Waals surface area contributed by atoms with Gasteiger partial charge in [-0.3, -0.25) is 0 Å². The van der Waals surface area contributed by atoms with E-state index in [1.807, 2.05) is 49.5 Å². The molecular formula is C21H30ClN5O. The Labute approximate surface area is 172 Å². The van der Waals surface area contributed by atoms with Crippen LogP contribution in [0.5, 0.6) is 5.75 Å². The third kappa shape index (κ3) is 5.72. The maximum absolute atomic E-state index is 6.03. The predicted octanol–water partition coefficient (Wildman–Crippen LogP) is 3.97. The number of ether oxygens (including phenoxy) is 1. The molecule has 1 aliphatic rings. The lowest BCUT2D eigenvalue weighted by Crippen LogP contribution is -2.31. The molecule has 1 aliphatic carbocycles. The second-order valence-electron chi connectivity index (χ2n) is 7.58. The van der Waals surface area contributed by atoms with E-state index in [1.54, 1.807) is 7.11 Å². The molecule has 152 valence electrons. The Kier molecular flexibility index (Phi) is 7.34. The number of benzene rings is 1. The lowest BCUT2D eigenvalue weighted by Gasteiger charge is -2.29. The van der Waals surface area contributed by atoms with Crippen LogP contribution in [0, 0.1) is 5.92 Å². The molecule has 1 aromatic heterocycles. The molecule has 0 atom stereocenters. The van der Waals surface area contributed by atoms with Gasteiger partial charge in [-0.15, -0.1) is 0 Å². The summed E-state index contributed by atoms with van der Waals surface area (Å²) < 4.78 is 5.41. The smallest absolute Gasteiger partial charge is 0.224 e. The summed E-state index contributed by atoms with van der Waals surface area (Å²) in [6.45, 7) is 1.81. The number of halogens is 1. The molecule has 7 heteroatoms. The van der Waals surface area contributed by atoms with E-state index in [9.17, 15) is 0 Å². The average Bonchev–Trinajstić information content (AvgIpc) is 2.70. The zero-order valence-electron chi connectivity index (χ0n) is 16.9. The molecule has 6 nitrogen and oxygen atoms in total. The topological polar surface area (TPSA) is 62.3 Å². The first-order valence-electron chi connectivity index (χ1n) is 9.85. The van der Waals surface area contributed by atoms with Gasteiger partial charge in [0.1, 0.15) is 11.6 Å². The SMILES string of the molecule is COc1cc(Cl)ccc1CNC[C@H]1CC[C@@H](Nc2nccc(N(C)C)n2)CC1. The normalized spacial score (nSPS) is 19.3. The zero-order chi connectivity index (χ0) is 19.9. The Hall–Kier alpha value is -2.05. The van der Waals surface area contributed by atoms with E-state index in [-0.39, 0.29) is 0 Å². The highest BCUT2D eigenvalue weighted by atomic mass is 35.5. The molecule has 3 rings (SSSR count). The van der Waals surface area contributed by atoms with Crippen LogP contribution in [-0.4, -0.2) is 43.8 Å². The zero-order valence-corrected chi connectivity index (χ0v) is 17.7. The summed E-state index contributed by atoms with van der Waals surface area (Å²) in [6, 6.07) is 8.17. The van der Waals surface area contributed by atoms with Crippen LogP contribution >= 0.6 is 11.6 Å². The van der Waals surface area contributed by atoms with Crippen LogP contribution in [0.1, 0.15) is 31.2 Å². The molecule has 0 amide bonds. The van der Waals surface area contributed by atoms with Crippen LogP contribution in [0.3, 0.4) is 0 Å². The van der Waals surface area contributed by atoms with Crippen LogP contribution < -0.4 is 20.3 Å². The molecule has 0 spiro atoms. The fraction of sp³-hybridized carbons (Fsp3) is 0.524. The van der Waals surface area contributed by atoms with Crippen LogP contribution in [0.4, 0.5) is 11.8 Å². The second kappa shape index (κ2) is 9.94. The molecule has 0 bridgehead atoms. The van der Waals surface area contributed by atoms with Gasteiger partial charge in [0.25, 0.3) is 0 Å². The summed E-state index contributed by atoms with van der Waals surface area (Å²) in [7, 11) is 5.66. The van der Waals surface area contributed by atoms with Crippen LogP contribution in [0.2, 0.25) is 5.02 Å². The number of nitrogens with zero attached hydrogens (tertiary/aromatic N) is 3. The number of rotatable bonds is 8. The van der Waals surface area contributed by atoms with Crippen molar-refractivity contribution in [3.63, 3.8) is 0 Å². The Morgan fingerprint density at radius 1 is 1.18 bits per heavy atom. The van der Waals surface area contributed by atoms with Crippen LogP contribution in [0.15, 0.2) is 30.5 Å². The number of hydrogen-bond donors (Lipinski definition) is 2. The molecule has 1 fully saturated rings. The van der Waals surface area contributed by atoms with Crippen LogP contribution in [0.25, 0.3) is 0 Å². The van der Waals surface area contributed by atoms with Gasteiger partial charge in [-0.1, -0.05) is 17.7 Å². The third-order valence-corrected chi connectivity index (χ3v) is 5.51. The standard InChI is InChI=1S/C21H30ClN5O/c1-27(2)20-10-11-24-21(26-20)25-18-8-4-15(5-9-18)13-23-14-16-6-7-17(22)12-19(16)28-3/h6-7,10-12,15,18,23H,4-5,8-9,13-14H2,1-3H3,(H,24,25,26)/t15-,18+. The first-order valence-corrected chi connectivity index (χ1v) is 10.2. The largest absolute Gasteiger partial charge is 0.496 e. The van der Waals surface area contributed by atoms with Crippen molar-refractivity contribution in [3.8, 4) is 5.75 Å². The summed E-state index contributed by atoms with van der Waals surface area (Å²) in [5.41, 5.74) is 1.14. The van der Waals surface area contributed by atoms with E-state index in [1.165, 1.54) is 12.8 Å². The quantitative estimate of drug-likeness (QED) is 0.695. The minimum absolute atomic E-state index is 0.449. The molecule has 1 aromatic carbocycles. The van der Waals surface area contributed by atoms with E-state index < -0.39 is 0 Å². The Morgan fingerprint density at radius 2 is 1.96 bits per heavy atom. The van der Waals surface area contributed by atoms with Gasteiger partial charge in [0, 0.05) is 43.5 Å². The Bertz CT molecular complexity index is 762. The van der Waals surface area contributed by atoms with E-state index >= 15 is 0 Å². The molecular weight excluding hydrogens is 374 g/mol. The predicted molar refractivity (Wildman–Crippen MR) is 115 cm³/mol. The van der Waals surface area contributed by atoms with Crippen molar-refractivity contribution in [2.24, 2.45) is 5.92 Å². The third-order valence-electron chi connectivity index (χ3n) is 5.28. The van der Waals surface area contributed by atoms with Crippen molar-refractivity contribution in [2.75, 3.05) is 38.0 Å². The fourth-order valence-electron chi connectivity index (χ4n) is 3.64. The van der Waals surface area contributed by atoms with Crippen molar-refractivity contribution in [1.82, 2.24) is 15.3 Å². The Balaban J connectivity index is 1.41. The molecule has 0 saturated heterocycles. The number of anilines is 2. The molecule has 2 aromatic rings. The first-order chi connectivity index (χ1) is 13.5. The monoisotopic (exact) mass is 403 g/mol. The van der Waals surface area contributed by atoms with Crippen molar-refractivity contribution >= 4 is 23.4 Å². The van der Waals surface area contributed by atoms with E-state index in [0.717, 1.165) is 49.0 Å². The number of hydrogen-bond acceptors (Lipinski definition) is 6. The van der Waals surface area contributed by atoms with Crippen molar-refractivity contribution in [2.45, 2.75) is 38.3 Å². The molecule has 2 N–H and O–H groups in total. The fourth-order valence-corrected chi connectivity index (χ4v) is 3.80. The lowest BCUT2D eigenvalue weighted by atomic mass is 9.86. The van der Waals surface area contributed by atoms with Gasteiger partial charge >= 0.3 is 0 Å². The minimum Gasteiger partial charge on any atom is -0.496 e. The summed E-state index contributed by atoms with van der Waals surface area (Å²) in [5, 5.41) is 7.78. The highest BCUT2D eigenvalue weighted by Gasteiger charge is 2.21. The highest BCUT2D eigenvalue weighted by molar-refractivity contribution is 6.30. The number of methoxy groups -OCH3 is 1. The average molecular weight is 404 g/mol. The molecule has 0 unspecified atom stereocenters. The molecule has 0 radical (unpaired) electrons. The van der Waals surface area contributed by atoms with Gasteiger partial charge in [-0.25, -0.2) is 4.98 Å². The lowest BCUT2D eigenvalue weighted by molar-refractivity contribution is 0.322. The van der Waals surface area contributed by atoms with Gasteiger partial charge in [-0.05, 0) is 56.3 Å². The van der Waals surface area contributed by atoms with Gasteiger partial charge < -0.3 is 20.3 Å². The van der Waals surface area contributed by atoms with Gasteiger partial charge in [0.05, 0.1) is 7.11 Å². The maximum atomic E-state index is 6.03. The van der Waals surface area contributed by atoms with Crippen LogP contribution in [-0.2, 0) is 6.54 Å². The van der Waals surface area contributed by atoms with E-state index in [2.05, 4.69) is 20.6 Å². The summed E-state index contributed by atoms with van der Waals surface area (Å²) in [6.07, 6.45) is 6.51. The Morgan fingerprint density at radius 3 is 2.68 bits per heavy atom. The minimum atomic E-state index is 0.449. The summed E-state index contributed by atoms with van der Waals surface area (Å²) in [5.74, 6) is 3.19. The molecule has 1 saturated carbocycles. The van der Waals surface area contributed by atoms with Gasteiger partial charge in [0.15, 0.2) is 0 Å². The number of nitrogens with one attached hydrogen (secondary N) is 2. The maximum Gasteiger partial charge on any atom is 0.224 e. The second-order valence-corrected chi connectivity index (χ2v) is 8.02. The van der Waals surface area contributed by atoms with Crippen molar-refractivity contribution in [1.29, 1.82) is 0 Å². The van der Waals surface area contributed by atoms with E-state index in [0.29, 0.717) is 17.0 Å². The van der Waals surface area contributed by atoms with E-state index in [4.69, 9.17) is 16.3 Å². The van der Waals surface area contributed by atoms with Gasteiger partial charge in [0.2, 0.25) is 5.95 Å². The number of aromatic nitrogens is 2. The van der Waals surface area contributed by atoms with Crippen molar-refractivity contribution in [3.05, 3.63) is 41.0 Å². The molecule has 0 aliphatic heterocycles. The first kappa shape index (κ1) is 20.7.